The average Bonchev–Trinajstić information content (AvgIpc) is 2.60. The Balaban J connectivity index is 2.52. The molecule has 3 nitrogen and oxygen atoms in total. The Morgan fingerprint density at radius 3 is 2.75 bits per heavy atom. The molecule has 86 valence electrons. The van der Waals surface area contributed by atoms with Crippen LogP contribution in [0.2, 0.25) is 5.02 Å². The minimum absolute atomic E-state index is 0.0328. The monoisotopic (exact) mass is 242 g/mol. The lowest BCUT2D eigenvalue weighted by Crippen LogP contribution is -2.16. The molecular formula is C11H12ClFN2O. The van der Waals surface area contributed by atoms with Crippen LogP contribution in [0.25, 0.3) is 11.1 Å². The van der Waals surface area contributed by atoms with Crippen LogP contribution in [0, 0.1) is 11.7 Å². The molecule has 0 bridgehead atoms. The number of rotatable bonds is 2. The smallest absolute Gasteiger partial charge is 0.212 e. The summed E-state index contributed by atoms with van der Waals surface area (Å²) in [6, 6.07) is 2.36. The molecule has 2 rings (SSSR count). The molecule has 0 aliphatic heterocycles. The first-order valence-corrected chi connectivity index (χ1v) is 5.38. The summed E-state index contributed by atoms with van der Waals surface area (Å²) in [7, 11) is 0. The van der Waals surface area contributed by atoms with E-state index in [2.05, 4.69) is 4.98 Å². The van der Waals surface area contributed by atoms with Gasteiger partial charge in [-0.2, -0.15) is 0 Å². The topological polar surface area (TPSA) is 52.0 Å². The van der Waals surface area contributed by atoms with Crippen molar-refractivity contribution in [3.05, 3.63) is 28.9 Å². The Hall–Kier alpha value is -1.13. The Morgan fingerprint density at radius 1 is 1.44 bits per heavy atom. The van der Waals surface area contributed by atoms with Crippen molar-refractivity contribution in [2.24, 2.45) is 11.7 Å². The molecule has 0 aliphatic rings. The molecule has 16 heavy (non-hydrogen) atoms. The number of nitrogens with two attached hydrogens (primary N) is 1. The van der Waals surface area contributed by atoms with Gasteiger partial charge in [0.15, 0.2) is 5.58 Å². The molecule has 0 fully saturated rings. The number of oxazole rings is 1. The summed E-state index contributed by atoms with van der Waals surface area (Å²) in [5.41, 5.74) is 6.79. The lowest BCUT2D eigenvalue weighted by molar-refractivity contribution is 0.402. The Labute approximate surface area is 97.4 Å². The molecule has 5 heteroatoms. The fourth-order valence-corrected chi connectivity index (χ4v) is 1.53. The average molecular weight is 243 g/mol. The summed E-state index contributed by atoms with van der Waals surface area (Å²) in [4.78, 5) is 4.19. The van der Waals surface area contributed by atoms with Crippen LogP contribution in [-0.4, -0.2) is 4.98 Å². The summed E-state index contributed by atoms with van der Waals surface area (Å²) in [5, 5.41) is 0.0328. The van der Waals surface area contributed by atoms with Crippen LogP contribution in [0.4, 0.5) is 4.39 Å². The van der Waals surface area contributed by atoms with Crippen LogP contribution in [0.5, 0.6) is 0 Å². The number of aromatic nitrogens is 1. The van der Waals surface area contributed by atoms with Gasteiger partial charge in [-0.25, -0.2) is 9.37 Å². The van der Waals surface area contributed by atoms with Crippen LogP contribution in [0.1, 0.15) is 25.8 Å². The van der Waals surface area contributed by atoms with Gasteiger partial charge in [-0.15, -0.1) is 0 Å². The fourth-order valence-electron chi connectivity index (χ4n) is 1.37. The second-order valence-electron chi connectivity index (χ2n) is 4.06. The summed E-state index contributed by atoms with van der Waals surface area (Å²) < 4.78 is 18.6. The number of hydrogen-bond acceptors (Lipinski definition) is 3. The Bertz CT molecular complexity index is 485. The molecule has 0 amide bonds. The molecule has 1 atom stereocenters. The Morgan fingerprint density at radius 2 is 2.12 bits per heavy atom. The molecule has 1 aromatic heterocycles. The zero-order valence-electron chi connectivity index (χ0n) is 9.00. The van der Waals surface area contributed by atoms with Gasteiger partial charge in [0.05, 0.1) is 11.1 Å². The second-order valence-corrected chi connectivity index (χ2v) is 4.46. The zero-order valence-corrected chi connectivity index (χ0v) is 9.75. The van der Waals surface area contributed by atoms with Gasteiger partial charge in [-0.3, -0.25) is 0 Å². The number of benzene rings is 1. The van der Waals surface area contributed by atoms with E-state index < -0.39 is 5.82 Å². The maximum atomic E-state index is 13.2. The van der Waals surface area contributed by atoms with Crippen molar-refractivity contribution in [3.63, 3.8) is 0 Å². The van der Waals surface area contributed by atoms with Gasteiger partial charge >= 0.3 is 0 Å². The third-order valence-corrected chi connectivity index (χ3v) is 2.74. The Kier molecular flexibility index (Phi) is 2.86. The summed E-state index contributed by atoms with van der Waals surface area (Å²) in [6.07, 6.45) is 0. The second kappa shape index (κ2) is 4.03. The molecule has 1 aromatic carbocycles. The van der Waals surface area contributed by atoms with Crippen molar-refractivity contribution in [2.75, 3.05) is 0 Å². The predicted molar refractivity (Wildman–Crippen MR) is 60.7 cm³/mol. The first-order valence-electron chi connectivity index (χ1n) is 5.00. The van der Waals surface area contributed by atoms with Gasteiger partial charge in [-0.1, -0.05) is 25.4 Å². The van der Waals surface area contributed by atoms with E-state index in [4.69, 9.17) is 21.8 Å². The minimum Gasteiger partial charge on any atom is -0.439 e. The van der Waals surface area contributed by atoms with E-state index in [-0.39, 0.29) is 17.0 Å². The fraction of sp³-hybridized carbons (Fsp3) is 0.364. The van der Waals surface area contributed by atoms with E-state index >= 15 is 0 Å². The van der Waals surface area contributed by atoms with E-state index in [0.29, 0.717) is 17.0 Å². The van der Waals surface area contributed by atoms with Crippen LogP contribution < -0.4 is 5.73 Å². The van der Waals surface area contributed by atoms with Crippen molar-refractivity contribution in [1.82, 2.24) is 4.98 Å². The largest absolute Gasteiger partial charge is 0.439 e. The van der Waals surface area contributed by atoms with Gasteiger partial charge in [0.2, 0.25) is 5.89 Å². The maximum absolute atomic E-state index is 13.2. The van der Waals surface area contributed by atoms with Crippen LogP contribution in [0.3, 0.4) is 0 Å². The lowest BCUT2D eigenvalue weighted by Gasteiger charge is -2.10. The van der Waals surface area contributed by atoms with Crippen molar-refractivity contribution in [1.29, 1.82) is 0 Å². The third kappa shape index (κ3) is 1.90. The van der Waals surface area contributed by atoms with E-state index in [1.165, 1.54) is 12.1 Å². The molecule has 0 radical (unpaired) electrons. The first-order chi connectivity index (χ1) is 7.49. The highest BCUT2D eigenvalue weighted by atomic mass is 35.5. The molecular weight excluding hydrogens is 231 g/mol. The van der Waals surface area contributed by atoms with Gasteiger partial charge in [0, 0.05) is 6.07 Å². The first kappa shape index (κ1) is 11.4. The predicted octanol–water partition coefficient (Wildman–Crippen LogP) is 3.28. The van der Waals surface area contributed by atoms with Crippen molar-refractivity contribution < 1.29 is 8.81 Å². The van der Waals surface area contributed by atoms with E-state index in [1.54, 1.807) is 0 Å². The molecule has 0 spiro atoms. The van der Waals surface area contributed by atoms with Gasteiger partial charge < -0.3 is 10.2 Å². The van der Waals surface area contributed by atoms with Crippen LogP contribution in [0.15, 0.2) is 16.5 Å². The normalized spacial score (nSPS) is 13.6. The maximum Gasteiger partial charge on any atom is 0.212 e. The highest BCUT2D eigenvalue weighted by molar-refractivity contribution is 6.31. The molecule has 0 saturated carbocycles. The summed E-state index contributed by atoms with van der Waals surface area (Å²) in [6.45, 7) is 3.93. The van der Waals surface area contributed by atoms with E-state index in [9.17, 15) is 4.39 Å². The summed E-state index contributed by atoms with van der Waals surface area (Å²) in [5.74, 6) is 0.0926. The number of hydrogen-bond donors (Lipinski definition) is 1. The molecule has 2 N–H and O–H groups in total. The number of nitrogens with zero attached hydrogens (tertiary/aromatic N) is 1. The van der Waals surface area contributed by atoms with Gasteiger partial charge in [0.25, 0.3) is 0 Å². The highest BCUT2D eigenvalue weighted by Gasteiger charge is 2.18. The van der Waals surface area contributed by atoms with Crippen LogP contribution in [-0.2, 0) is 0 Å². The van der Waals surface area contributed by atoms with Crippen molar-refractivity contribution >= 4 is 22.7 Å². The molecule has 0 saturated heterocycles. The number of fused-ring (bicyclic) bond motifs is 1. The molecule has 1 unspecified atom stereocenters. The molecule has 2 aromatic rings. The van der Waals surface area contributed by atoms with E-state index in [0.717, 1.165) is 0 Å². The quantitative estimate of drug-likeness (QED) is 0.879. The van der Waals surface area contributed by atoms with Gasteiger partial charge in [0.1, 0.15) is 11.3 Å². The van der Waals surface area contributed by atoms with Crippen molar-refractivity contribution in [2.45, 2.75) is 19.9 Å². The highest BCUT2D eigenvalue weighted by Crippen LogP contribution is 2.26. The number of halogens is 2. The van der Waals surface area contributed by atoms with Crippen LogP contribution >= 0.6 is 11.6 Å². The summed E-state index contributed by atoms with van der Waals surface area (Å²) >= 11 is 5.65. The molecule has 0 aliphatic carbocycles. The zero-order chi connectivity index (χ0) is 11.9. The minimum atomic E-state index is -0.519. The van der Waals surface area contributed by atoms with Gasteiger partial charge in [-0.05, 0) is 12.0 Å². The third-order valence-electron chi connectivity index (χ3n) is 2.45. The van der Waals surface area contributed by atoms with Crippen molar-refractivity contribution in [3.8, 4) is 0 Å². The lowest BCUT2D eigenvalue weighted by atomic mass is 10.1. The molecule has 1 heterocycles. The SMILES string of the molecule is CC(C)C(N)c1nc2cc(Cl)c(F)cc2o1. The standard InChI is InChI=1S/C11H12ClFN2O/c1-5(2)10(14)11-15-8-3-6(12)7(13)4-9(8)16-11/h3-5,10H,14H2,1-2H3. The van der Waals surface area contributed by atoms with E-state index in [1.807, 2.05) is 13.8 Å².